The molecule has 1 aromatic heterocycles. The molecule has 1 heterocycles. The number of nitro groups is 1. The van der Waals surface area contributed by atoms with Crippen LogP contribution in [0.3, 0.4) is 0 Å². The molecule has 0 amide bonds. The highest BCUT2D eigenvalue weighted by Gasteiger charge is 2.22. The fourth-order valence-corrected chi connectivity index (χ4v) is 2.80. The molecule has 2 aromatic rings. The second-order valence-corrected chi connectivity index (χ2v) is 5.23. The van der Waals surface area contributed by atoms with E-state index in [0.29, 0.717) is 16.5 Å². The van der Waals surface area contributed by atoms with Crippen molar-refractivity contribution in [1.29, 1.82) is 0 Å². The van der Waals surface area contributed by atoms with E-state index in [-0.39, 0.29) is 5.69 Å². The average Bonchev–Trinajstić information content (AvgIpc) is 2.77. The lowest BCUT2D eigenvalue weighted by molar-refractivity contribution is -0.384. The Morgan fingerprint density at radius 2 is 2.10 bits per heavy atom. The summed E-state index contributed by atoms with van der Waals surface area (Å²) in [6, 6.07) is 4.33. The van der Waals surface area contributed by atoms with Gasteiger partial charge in [0.2, 0.25) is 0 Å². The number of hydrogen-bond acceptors (Lipinski definition) is 4. The van der Waals surface area contributed by atoms with Gasteiger partial charge < -0.3 is 5.73 Å². The minimum Gasteiger partial charge on any atom is -0.382 e. The van der Waals surface area contributed by atoms with Gasteiger partial charge in [0.25, 0.3) is 5.69 Å². The number of benzene rings is 1. The summed E-state index contributed by atoms with van der Waals surface area (Å²) in [7, 11) is 0. The summed E-state index contributed by atoms with van der Waals surface area (Å²) in [6.45, 7) is 0. The normalized spacial score (nSPS) is 14.1. The third kappa shape index (κ3) is 2.02. The molecular formula is C13H13ClN4O2. The molecule has 0 aliphatic heterocycles. The SMILES string of the molecule is Nc1nn(-c2cc([N+](=O)[O-])ccc2Cl)c2c1CCCC2. The van der Waals surface area contributed by atoms with Crippen molar-refractivity contribution >= 4 is 23.1 Å². The van der Waals surface area contributed by atoms with Gasteiger partial charge in [0.15, 0.2) is 0 Å². The van der Waals surface area contributed by atoms with Crippen molar-refractivity contribution in [3.8, 4) is 5.69 Å². The van der Waals surface area contributed by atoms with Crippen LogP contribution in [0.1, 0.15) is 24.1 Å². The Morgan fingerprint density at radius 3 is 2.85 bits per heavy atom. The predicted molar refractivity (Wildman–Crippen MR) is 76.3 cm³/mol. The van der Waals surface area contributed by atoms with Crippen molar-refractivity contribution in [2.24, 2.45) is 0 Å². The summed E-state index contributed by atoms with van der Waals surface area (Å²) in [5.74, 6) is 0.488. The summed E-state index contributed by atoms with van der Waals surface area (Å²) in [5.41, 5.74) is 8.49. The molecule has 0 saturated carbocycles. The molecule has 0 spiro atoms. The van der Waals surface area contributed by atoms with Crippen LogP contribution in [0, 0.1) is 10.1 Å². The lowest BCUT2D eigenvalue weighted by atomic mass is 9.97. The molecule has 1 aromatic carbocycles. The number of aromatic nitrogens is 2. The highest BCUT2D eigenvalue weighted by molar-refractivity contribution is 6.32. The minimum absolute atomic E-state index is 0.0111. The number of anilines is 1. The van der Waals surface area contributed by atoms with E-state index in [1.54, 1.807) is 4.68 Å². The molecule has 0 bridgehead atoms. The number of halogens is 1. The summed E-state index contributed by atoms with van der Waals surface area (Å²) in [4.78, 5) is 10.5. The molecule has 104 valence electrons. The summed E-state index contributed by atoms with van der Waals surface area (Å²) in [6.07, 6.45) is 3.91. The second-order valence-electron chi connectivity index (χ2n) is 4.82. The van der Waals surface area contributed by atoms with Crippen LogP contribution < -0.4 is 5.73 Å². The maximum Gasteiger partial charge on any atom is 0.271 e. The highest BCUT2D eigenvalue weighted by Crippen LogP contribution is 2.32. The van der Waals surface area contributed by atoms with Crippen LogP contribution in [-0.2, 0) is 12.8 Å². The van der Waals surface area contributed by atoms with Gasteiger partial charge in [0.05, 0.1) is 15.6 Å². The summed E-state index contributed by atoms with van der Waals surface area (Å²) < 4.78 is 1.65. The van der Waals surface area contributed by atoms with E-state index in [0.717, 1.165) is 36.9 Å². The number of nitrogens with two attached hydrogens (primary N) is 1. The molecule has 3 rings (SSSR count). The largest absolute Gasteiger partial charge is 0.382 e. The van der Waals surface area contributed by atoms with Gasteiger partial charge in [-0.2, -0.15) is 5.10 Å². The smallest absolute Gasteiger partial charge is 0.271 e. The fourth-order valence-electron chi connectivity index (χ4n) is 2.60. The third-order valence-corrected chi connectivity index (χ3v) is 3.90. The fraction of sp³-hybridized carbons (Fsp3) is 0.308. The van der Waals surface area contributed by atoms with E-state index < -0.39 is 4.92 Å². The summed E-state index contributed by atoms with van der Waals surface area (Å²) >= 11 is 6.16. The zero-order valence-corrected chi connectivity index (χ0v) is 11.4. The maximum absolute atomic E-state index is 10.9. The van der Waals surface area contributed by atoms with Crippen molar-refractivity contribution in [2.75, 3.05) is 5.73 Å². The number of nitro benzene ring substituents is 1. The van der Waals surface area contributed by atoms with Crippen LogP contribution in [0.2, 0.25) is 5.02 Å². The quantitative estimate of drug-likeness (QED) is 0.681. The van der Waals surface area contributed by atoms with E-state index in [1.807, 2.05) is 0 Å². The van der Waals surface area contributed by atoms with Crippen LogP contribution in [0.4, 0.5) is 11.5 Å². The third-order valence-electron chi connectivity index (χ3n) is 3.58. The number of non-ortho nitro benzene ring substituents is 1. The zero-order valence-electron chi connectivity index (χ0n) is 10.7. The molecule has 0 fully saturated rings. The van der Waals surface area contributed by atoms with Gasteiger partial charge in [-0.15, -0.1) is 0 Å². The van der Waals surface area contributed by atoms with Crippen molar-refractivity contribution in [2.45, 2.75) is 25.7 Å². The van der Waals surface area contributed by atoms with Crippen LogP contribution in [-0.4, -0.2) is 14.7 Å². The lowest BCUT2D eigenvalue weighted by Gasteiger charge is -2.14. The van der Waals surface area contributed by atoms with Crippen LogP contribution in [0.15, 0.2) is 18.2 Å². The predicted octanol–water partition coefficient (Wildman–Crippen LogP) is 2.89. The number of rotatable bonds is 2. The van der Waals surface area contributed by atoms with Crippen LogP contribution in [0.5, 0.6) is 0 Å². The van der Waals surface area contributed by atoms with Crippen molar-refractivity contribution in [3.63, 3.8) is 0 Å². The second kappa shape index (κ2) is 4.79. The molecule has 6 nitrogen and oxygen atoms in total. The van der Waals surface area contributed by atoms with Gasteiger partial charge in [-0.25, -0.2) is 4.68 Å². The topological polar surface area (TPSA) is 87.0 Å². The number of hydrogen-bond donors (Lipinski definition) is 1. The van der Waals surface area contributed by atoms with Gasteiger partial charge >= 0.3 is 0 Å². The lowest BCUT2D eigenvalue weighted by Crippen LogP contribution is -2.08. The first-order valence-corrected chi connectivity index (χ1v) is 6.76. The van der Waals surface area contributed by atoms with Crippen LogP contribution in [0.25, 0.3) is 5.69 Å². The van der Waals surface area contributed by atoms with E-state index in [4.69, 9.17) is 17.3 Å². The first-order chi connectivity index (χ1) is 9.58. The molecule has 7 heteroatoms. The van der Waals surface area contributed by atoms with E-state index in [2.05, 4.69) is 5.10 Å². The van der Waals surface area contributed by atoms with Gasteiger partial charge in [-0.1, -0.05) is 11.6 Å². The maximum atomic E-state index is 10.9. The van der Waals surface area contributed by atoms with Gasteiger partial charge in [-0.05, 0) is 31.7 Å². The highest BCUT2D eigenvalue weighted by atomic mass is 35.5. The van der Waals surface area contributed by atoms with Crippen molar-refractivity contribution < 1.29 is 4.92 Å². The van der Waals surface area contributed by atoms with Gasteiger partial charge in [0, 0.05) is 23.4 Å². The van der Waals surface area contributed by atoms with Crippen molar-refractivity contribution in [3.05, 3.63) is 44.6 Å². The Bertz CT molecular complexity index is 696. The molecular weight excluding hydrogens is 280 g/mol. The first-order valence-electron chi connectivity index (χ1n) is 6.38. The Labute approximate surface area is 120 Å². The zero-order chi connectivity index (χ0) is 14.3. The molecule has 0 unspecified atom stereocenters. The van der Waals surface area contributed by atoms with E-state index in [9.17, 15) is 10.1 Å². The van der Waals surface area contributed by atoms with Crippen molar-refractivity contribution in [1.82, 2.24) is 9.78 Å². The number of fused-ring (bicyclic) bond motifs is 1. The number of nitrogen functional groups attached to an aromatic ring is 1. The van der Waals surface area contributed by atoms with Gasteiger partial charge in [0.1, 0.15) is 5.82 Å². The molecule has 0 atom stereocenters. The molecule has 0 radical (unpaired) electrons. The standard InChI is InChI=1S/C13H13ClN4O2/c14-10-6-5-8(18(19)20)7-12(10)17-11-4-2-1-3-9(11)13(15)16-17/h5-7H,1-4H2,(H2,15,16). The van der Waals surface area contributed by atoms with Gasteiger partial charge in [-0.3, -0.25) is 10.1 Å². The Balaban J connectivity index is 2.18. The summed E-state index contributed by atoms with van der Waals surface area (Å²) in [5, 5.41) is 15.6. The molecule has 20 heavy (non-hydrogen) atoms. The Kier molecular flexibility index (Phi) is 3.10. The van der Waals surface area contributed by atoms with E-state index in [1.165, 1.54) is 18.2 Å². The molecule has 1 aliphatic rings. The Hall–Kier alpha value is -2.08. The monoisotopic (exact) mass is 292 g/mol. The molecule has 1 aliphatic carbocycles. The first kappa shape index (κ1) is 12.9. The molecule has 2 N–H and O–H groups in total. The molecule has 0 saturated heterocycles. The average molecular weight is 293 g/mol. The van der Waals surface area contributed by atoms with Crippen LogP contribution >= 0.6 is 11.6 Å². The van der Waals surface area contributed by atoms with E-state index >= 15 is 0 Å². The Morgan fingerprint density at radius 1 is 1.35 bits per heavy atom. The number of nitrogens with zero attached hydrogens (tertiary/aromatic N) is 3. The minimum atomic E-state index is -0.445.